The summed E-state index contributed by atoms with van der Waals surface area (Å²) in [6.45, 7) is 0. The molecule has 1 aliphatic heterocycles. The van der Waals surface area contributed by atoms with Crippen molar-refractivity contribution >= 4 is 44.2 Å². The standard InChI is InChI=1S/C24H17BrN2O2/c25-19-15-13-18(14-16-19)23-26(22-12-6-8-17-7-4-5-11-21(17)22)24(28)29-27(23)20-9-2-1-3-10-20/h1-16,23H/t23-/m0/s1. The minimum absolute atomic E-state index is 0.405. The van der Waals surface area contributed by atoms with Crippen molar-refractivity contribution in [1.82, 2.24) is 0 Å². The fourth-order valence-electron chi connectivity index (χ4n) is 3.72. The number of fused-ring (bicyclic) bond motifs is 1. The minimum Gasteiger partial charge on any atom is -0.319 e. The Morgan fingerprint density at radius 1 is 0.759 bits per heavy atom. The highest BCUT2D eigenvalue weighted by Gasteiger charge is 2.43. The average molecular weight is 445 g/mol. The van der Waals surface area contributed by atoms with Gasteiger partial charge in [-0.05, 0) is 41.3 Å². The zero-order valence-electron chi connectivity index (χ0n) is 15.4. The monoisotopic (exact) mass is 444 g/mol. The second-order valence-corrected chi connectivity index (χ2v) is 7.73. The van der Waals surface area contributed by atoms with Crippen LogP contribution < -0.4 is 9.96 Å². The largest absolute Gasteiger partial charge is 0.441 e. The van der Waals surface area contributed by atoms with Crippen molar-refractivity contribution in [3.05, 3.63) is 107 Å². The number of hydrogen-bond donors (Lipinski definition) is 0. The van der Waals surface area contributed by atoms with Crippen LogP contribution in [-0.4, -0.2) is 6.09 Å². The molecule has 29 heavy (non-hydrogen) atoms. The van der Waals surface area contributed by atoms with E-state index in [0.717, 1.165) is 32.2 Å². The zero-order chi connectivity index (χ0) is 19.8. The van der Waals surface area contributed by atoms with Gasteiger partial charge in [-0.15, -0.1) is 0 Å². The van der Waals surface area contributed by atoms with E-state index in [2.05, 4.69) is 15.9 Å². The van der Waals surface area contributed by atoms with Gasteiger partial charge in [0.2, 0.25) is 0 Å². The van der Waals surface area contributed by atoms with Gasteiger partial charge >= 0.3 is 6.09 Å². The first-order valence-corrected chi connectivity index (χ1v) is 10.1. The summed E-state index contributed by atoms with van der Waals surface area (Å²) >= 11 is 3.49. The van der Waals surface area contributed by atoms with Gasteiger partial charge in [0.1, 0.15) is 0 Å². The average Bonchev–Trinajstić information content (AvgIpc) is 3.11. The highest BCUT2D eigenvalue weighted by molar-refractivity contribution is 9.10. The lowest BCUT2D eigenvalue weighted by molar-refractivity contribution is 0.164. The van der Waals surface area contributed by atoms with Gasteiger partial charge in [-0.2, -0.15) is 5.06 Å². The smallest absolute Gasteiger partial charge is 0.319 e. The van der Waals surface area contributed by atoms with E-state index in [9.17, 15) is 4.79 Å². The Morgan fingerprint density at radius 3 is 2.24 bits per heavy atom. The molecule has 1 heterocycles. The van der Waals surface area contributed by atoms with E-state index in [-0.39, 0.29) is 0 Å². The second kappa shape index (κ2) is 7.26. The first kappa shape index (κ1) is 17.8. The molecule has 0 aliphatic carbocycles. The Bertz CT molecular complexity index is 1170. The lowest BCUT2D eigenvalue weighted by Gasteiger charge is -2.28. The summed E-state index contributed by atoms with van der Waals surface area (Å²) in [5.74, 6) is 0. The third-order valence-electron chi connectivity index (χ3n) is 5.04. The van der Waals surface area contributed by atoms with Crippen molar-refractivity contribution in [2.75, 3.05) is 9.96 Å². The van der Waals surface area contributed by atoms with E-state index in [1.807, 2.05) is 97.1 Å². The van der Waals surface area contributed by atoms with E-state index < -0.39 is 12.3 Å². The van der Waals surface area contributed by atoms with E-state index in [4.69, 9.17) is 4.84 Å². The van der Waals surface area contributed by atoms with Gasteiger partial charge in [-0.25, -0.2) is 9.69 Å². The second-order valence-electron chi connectivity index (χ2n) is 6.81. The predicted octanol–water partition coefficient (Wildman–Crippen LogP) is 6.68. The van der Waals surface area contributed by atoms with Gasteiger partial charge in [0, 0.05) is 9.86 Å². The van der Waals surface area contributed by atoms with Crippen LogP contribution in [0.4, 0.5) is 16.2 Å². The van der Waals surface area contributed by atoms with Crippen molar-refractivity contribution in [3.63, 3.8) is 0 Å². The third-order valence-corrected chi connectivity index (χ3v) is 5.57. The molecule has 1 aliphatic rings. The molecule has 0 radical (unpaired) electrons. The van der Waals surface area contributed by atoms with Crippen LogP contribution >= 0.6 is 15.9 Å². The van der Waals surface area contributed by atoms with Crippen LogP contribution in [0.15, 0.2) is 102 Å². The van der Waals surface area contributed by atoms with Gasteiger partial charge in [0.05, 0.1) is 11.4 Å². The quantitative estimate of drug-likeness (QED) is 0.353. The van der Waals surface area contributed by atoms with Gasteiger partial charge in [0.25, 0.3) is 0 Å². The summed E-state index contributed by atoms with van der Waals surface area (Å²) in [7, 11) is 0. The number of halogens is 1. The molecule has 4 aromatic rings. The molecule has 1 fully saturated rings. The third kappa shape index (κ3) is 3.13. The van der Waals surface area contributed by atoms with Crippen molar-refractivity contribution in [1.29, 1.82) is 0 Å². The molecular weight excluding hydrogens is 428 g/mol. The molecule has 4 aromatic carbocycles. The number of nitrogens with zero attached hydrogens (tertiary/aromatic N) is 2. The number of hydroxylamine groups is 1. The van der Waals surface area contributed by atoms with Crippen LogP contribution in [0, 0.1) is 0 Å². The predicted molar refractivity (Wildman–Crippen MR) is 119 cm³/mol. The van der Waals surface area contributed by atoms with Gasteiger partial charge < -0.3 is 4.84 Å². The number of carbonyl (C=O) groups excluding carboxylic acids is 1. The number of carbonyl (C=O) groups is 1. The molecule has 0 N–H and O–H groups in total. The summed E-state index contributed by atoms with van der Waals surface area (Å²) in [6.07, 6.45) is -0.832. The fraction of sp³-hybridized carbons (Fsp3) is 0.0417. The lowest BCUT2D eigenvalue weighted by atomic mass is 10.1. The van der Waals surface area contributed by atoms with Gasteiger partial charge in [-0.1, -0.05) is 82.7 Å². The summed E-state index contributed by atoms with van der Waals surface area (Å²) in [5, 5.41) is 3.75. The van der Waals surface area contributed by atoms with Crippen LogP contribution in [-0.2, 0) is 4.84 Å². The molecule has 0 spiro atoms. The number of hydrogen-bond acceptors (Lipinski definition) is 3. The number of amides is 1. The molecule has 4 nitrogen and oxygen atoms in total. The number of benzene rings is 4. The van der Waals surface area contributed by atoms with Crippen molar-refractivity contribution in [2.24, 2.45) is 0 Å². The number of anilines is 2. The van der Waals surface area contributed by atoms with E-state index in [1.165, 1.54) is 0 Å². The zero-order valence-corrected chi connectivity index (χ0v) is 17.0. The molecule has 5 rings (SSSR count). The Morgan fingerprint density at radius 2 is 1.45 bits per heavy atom. The van der Waals surface area contributed by atoms with E-state index in [1.54, 1.807) is 9.96 Å². The van der Waals surface area contributed by atoms with Crippen LogP contribution in [0.3, 0.4) is 0 Å². The first-order valence-electron chi connectivity index (χ1n) is 9.31. The van der Waals surface area contributed by atoms with E-state index in [0.29, 0.717) is 0 Å². The van der Waals surface area contributed by atoms with Crippen molar-refractivity contribution in [3.8, 4) is 0 Å². The van der Waals surface area contributed by atoms with E-state index >= 15 is 0 Å². The summed E-state index contributed by atoms with van der Waals surface area (Å²) < 4.78 is 0.981. The highest BCUT2D eigenvalue weighted by Crippen LogP contribution is 2.42. The van der Waals surface area contributed by atoms with Crippen LogP contribution in [0.2, 0.25) is 0 Å². The number of rotatable bonds is 3. The summed E-state index contributed by atoms with van der Waals surface area (Å²) in [5.41, 5.74) is 2.59. The van der Waals surface area contributed by atoms with Crippen LogP contribution in [0.25, 0.3) is 10.8 Å². The first-order chi connectivity index (χ1) is 14.2. The molecule has 0 saturated carbocycles. The molecule has 5 heteroatoms. The molecule has 1 saturated heterocycles. The minimum atomic E-state index is -0.427. The summed E-state index contributed by atoms with van der Waals surface area (Å²) in [6, 6.07) is 31.7. The molecule has 1 amide bonds. The highest BCUT2D eigenvalue weighted by atomic mass is 79.9. The Hall–Kier alpha value is -3.31. The SMILES string of the molecule is O=C1ON(c2ccccc2)[C@@H](c2ccc(Br)cc2)N1c1cccc2ccccc12. The van der Waals surface area contributed by atoms with Crippen LogP contribution in [0.5, 0.6) is 0 Å². The maximum absolute atomic E-state index is 13.1. The topological polar surface area (TPSA) is 32.8 Å². The Balaban J connectivity index is 1.70. The van der Waals surface area contributed by atoms with Crippen molar-refractivity contribution < 1.29 is 9.63 Å². The fourth-order valence-corrected chi connectivity index (χ4v) is 3.98. The molecular formula is C24H17BrN2O2. The normalized spacial score (nSPS) is 16.3. The summed E-state index contributed by atoms with van der Waals surface area (Å²) in [4.78, 5) is 20.6. The Labute approximate surface area is 177 Å². The maximum atomic E-state index is 13.1. The van der Waals surface area contributed by atoms with Gasteiger partial charge in [-0.3, -0.25) is 0 Å². The molecule has 1 atom stereocenters. The Kier molecular flexibility index (Phi) is 4.45. The maximum Gasteiger partial charge on any atom is 0.441 e. The molecule has 0 bridgehead atoms. The lowest BCUT2D eigenvalue weighted by Crippen LogP contribution is -2.31. The van der Waals surface area contributed by atoms with Gasteiger partial charge in [0.15, 0.2) is 6.17 Å². The molecule has 0 unspecified atom stereocenters. The number of para-hydroxylation sites is 1. The molecule has 142 valence electrons. The van der Waals surface area contributed by atoms with Crippen LogP contribution in [0.1, 0.15) is 11.7 Å². The van der Waals surface area contributed by atoms with Crippen molar-refractivity contribution in [2.45, 2.75) is 6.17 Å². The molecule has 0 aromatic heterocycles.